The van der Waals surface area contributed by atoms with Gasteiger partial charge in [0.2, 0.25) is 11.5 Å². The summed E-state index contributed by atoms with van der Waals surface area (Å²) in [6.45, 7) is 1.18. The highest BCUT2D eigenvalue weighted by molar-refractivity contribution is 6.16. The summed E-state index contributed by atoms with van der Waals surface area (Å²) < 4.78 is 39.2. The van der Waals surface area contributed by atoms with E-state index in [1.807, 2.05) is 0 Å². The monoisotopic (exact) mass is 450 g/mol. The molecule has 0 radical (unpaired) electrons. The number of carbonyl (C=O) groups excluding carboxylic acids is 3. The van der Waals surface area contributed by atoms with Crippen LogP contribution in [0, 0.1) is 0 Å². The summed E-state index contributed by atoms with van der Waals surface area (Å²) in [5, 5.41) is 15.5. The van der Waals surface area contributed by atoms with Gasteiger partial charge in [0.25, 0.3) is 11.8 Å². The van der Waals surface area contributed by atoms with E-state index >= 15 is 0 Å². The van der Waals surface area contributed by atoms with Gasteiger partial charge in [0.15, 0.2) is 0 Å². The first kappa shape index (κ1) is 23.2. The summed E-state index contributed by atoms with van der Waals surface area (Å²) in [5.74, 6) is -1.87. The molecule has 1 aromatic heterocycles. The zero-order valence-corrected chi connectivity index (χ0v) is 17.1. The Kier molecular flexibility index (Phi) is 6.49. The molecular weight excluding hydrogens is 429 g/mol. The first-order valence-electron chi connectivity index (χ1n) is 9.74. The van der Waals surface area contributed by atoms with E-state index < -0.39 is 29.2 Å². The maximum absolute atomic E-state index is 13.1. The predicted octanol–water partition coefficient (Wildman–Crippen LogP) is 1.89. The van der Waals surface area contributed by atoms with Crippen molar-refractivity contribution < 1.29 is 32.7 Å². The predicted molar refractivity (Wildman–Crippen MR) is 109 cm³/mol. The molecule has 2 aromatic rings. The molecule has 1 atom stereocenters. The Hall–Kier alpha value is -3.47. The van der Waals surface area contributed by atoms with Gasteiger partial charge in [-0.2, -0.15) is 13.2 Å². The summed E-state index contributed by atoms with van der Waals surface area (Å²) in [7, 11) is 0. The van der Waals surface area contributed by atoms with Gasteiger partial charge in [0.1, 0.15) is 5.82 Å². The number of nitrogens with one attached hydrogen (secondary N) is 2. The lowest BCUT2D eigenvalue weighted by Gasteiger charge is -2.22. The normalized spacial score (nSPS) is 18.5. The SMILES string of the molecule is CC(=O)Nc1ccc(N2CCC(O)(C(=O)NCCc3ccccc3C(F)(F)F)C2=O)cn1. The van der Waals surface area contributed by atoms with Gasteiger partial charge in [0.05, 0.1) is 17.4 Å². The lowest BCUT2D eigenvalue weighted by atomic mass is 10.0. The van der Waals surface area contributed by atoms with E-state index in [1.165, 1.54) is 48.4 Å². The molecule has 11 heteroatoms. The molecule has 1 unspecified atom stereocenters. The van der Waals surface area contributed by atoms with Crippen molar-refractivity contribution in [3.8, 4) is 0 Å². The van der Waals surface area contributed by atoms with Crippen LogP contribution in [0.2, 0.25) is 0 Å². The molecular formula is C21H21F3N4O4. The zero-order valence-electron chi connectivity index (χ0n) is 17.1. The first-order valence-corrected chi connectivity index (χ1v) is 9.74. The highest BCUT2D eigenvalue weighted by Crippen LogP contribution is 2.32. The van der Waals surface area contributed by atoms with E-state index in [9.17, 15) is 32.7 Å². The van der Waals surface area contributed by atoms with E-state index in [-0.39, 0.29) is 43.2 Å². The van der Waals surface area contributed by atoms with Crippen LogP contribution in [0.3, 0.4) is 0 Å². The molecule has 2 heterocycles. The van der Waals surface area contributed by atoms with Crippen molar-refractivity contribution in [2.75, 3.05) is 23.3 Å². The summed E-state index contributed by atoms with van der Waals surface area (Å²) in [4.78, 5) is 41.5. The molecule has 0 saturated carbocycles. The maximum atomic E-state index is 13.1. The van der Waals surface area contributed by atoms with Crippen molar-refractivity contribution in [2.24, 2.45) is 0 Å². The van der Waals surface area contributed by atoms with Gasteiger partial charge < -0.3 is 20.6 Å². The van der Waals surface area contributed by atoms with E-state index in [2.05, 4.69) is 15.6 Å². The fourth-order valence-electron chi connectivity index (χ4n) is 3.43. The molecule has 8 nitrogen and oxygen atoms in total. The standard InChI is InChI=1S/C21H21F3N4O4/c1-13(29)27-17-7-6-15(12-26-17)28-11-9-20(32,19(28)31)18(30)25-10-8-14-4-2-3-5-16(14)21(22,23)24/h2-7,12,32H,8-11H2,1H3,(H,25,30)(H,26,27,29). The van der Waals surface area contributed by atoms with Gasteiger partial charge in [0, 0.05) is 26.4 Å². The molecule has 0 aliphatic carbocycles. The third-order valence-electron chi connectivity index (χ3n) is 5.04. The summed E-state index contributed by atoms with van der Waals surface area (Å²) >= 11 is 0. The lowest BCUT2D eigenvalue weighted by molar-refractivity contribution is -0.149. The summed E-state index contributed by atoms with van der Waals surface area (Å²) in [5.41, 5.74) is -2.81. The molecule has 3 amide bonds. The van der Waals surface area contributed by atoms with E-state index in [0.717, 1.165) is 6.07 Å². The van der Waals surface area contributed by atoms with Gasteiger partial charge in [-0.25, -0.2) is 4.98 Å². The molecule has 1 fully saturated rings. The minimum absolute atomic E-state index is 0.00278. The van der Waals surface area contributed by atoms with Crippen LogP contribution >= 0.6 is 0 Å². The number of hydrogen-bond donors (Lipinski definition) is 3. The molecule has 3 rings (SSSR count). The quantitative estimate of drug-likeness (QED) is 0.582. The largest absolute Gasteiger partial charge is 0.416 e. The van der Waals surface area contributed by atoms with Crippen molar-refractivity contribution in [2.45, 2.75) is 31.5 Å². The highest BCUT2D eigenvalue weighted by atomic mass is 19.4. The van der Waals surface area contributed by atoms with Gasteiger partial charge in [-0.05, 0) is 30.2 Å². The van der Waals surface area contributed by atoms with Crippen LogP contribution in [-0.2, 0) is 27.0 Å². The molecule has 32 heavy (non-hydrogen) atoms. The number of amides is 3. The minimum atomic E-state index is -4.52. The second-order valence-corrected chi connectivity index (χ2v) is 7.31. The van der Waals surface area contributed by atoms with E-state index in [1.54, 1.807) is 0 Å². The van der Waals surface area contributed by atoms with Crippen LogP contribution in [0.4, 0.5) is 24.7 Å². The fourth-order valence-corrected chi connectivity index (χ4v) is 3.43. The Balaban J connectivity index is 1.63. The van der Waals surface area contributed by atoms with Crippen LogP contribution in [0.5, 0.6) is 0 Å². The van der Waals surface area contributed by atoms with Crippen molar-refractivity contribution in [3.05, 3.63) is 53.7 Å². The molecule has 0 bridgehead atoms. The van der Waals surface area contributed by atoms with Crippen molar-refractivity contribution in [1.82, 2.24) is 10.3 Å². The third-order valence-corrected chi connectivity index (χ3v) is 5.04. The number of aliphatic hydroxyl groups is 1. The molecule has 3 N–H and O–H groups in total. The summed E-state index contributed by atoms with van der Waals surface area (Å²) in [6, 6.07) is 7.98. The number of anilines is 2. The van der Waals surface area contributed by atoms with Crippen molar-refractivity contribution in [3.63, 3.8) is 0 Å². The number of aromatic nitrogens is 1. The maximum Gasteiger partial charge on any atom is 0.416 e. The molecule has 170 valence electrons. The van der Waals surface area contributed by atoms with Crippen LogP contribution < -0.4 is 15.5 Å². The van der Waals surface area contributed by atoms with E-state index in [4.69, 9.17) is 0 Å². The molecule has 1 aliphatic rings. The van der Waals surface area contributed by atoms with Gasteiger partial charge in [-0.1, -0.05) is 18.2 Å². The number of halogens is 3. The minimum Gasteiger partial charge on any atom is -0.372 e. The van der Waals surface area contributed by atoms with Gasteiger partial charge in [-0.15, -0.1) is 0 Å². The third kappa shape index (κ3) is 4.88. The Morgan fingerprint density at radius 3 is 2.56 bits per heavy atom. The van der Waals surface area contributed by atoms with E-state index in [0.29, 0.717) is 5.69 Å². The smallest absolute Gasteiger partial charge is 0.372 e. The first-order chi connectivity index (χ1) is 15.0. The number of carbonyl (C=O) groups is 3. The van der Waals surface area contributed by atoms with Crippen LogP contribution in [-0.4, -0.2) is 46.5 Å². The Morgan fingerprint density at radius 1 is 1.22 bits per heavy atom. The number of nitrogens with zero attached hydrogens (tertiary/aromatic N) is 2. The molecule has 1 aromatic carbocycles. The van der Waals surface area contributed by atoms with Gasteiger partial charge in [-0.3, -0.25) is 14.4 Å². The second-order valence-electron chi connectivity index (χ2n) is 7.31. The molecule has 1 saturated heterocycles. The summed E-state index contributed by atoms with van der Waals surface area (Å²) in [6.07, 6.45) is -3.51. The Bertz CT molecular complexity index is 1030. The number of hydrogen-bond acceptors (Lipinski definition) is 5. The zero-order chi connectivity index (χ0) is 23.5. The molecule has 1 aliphatic heterocycles. The van der Waals surface area contributed by atoms with Crippen LogP contribution in [0.1, 0.15) is 24.5 Å². The number of benzene rings is 1. The average Bonchev–Trinajstić information content (AvgIpc) is 3.04. The van der Waals surface area contributed by atoms with Crippen LogP contribution in [0.25, 0.3) is 0 Å². The number of alkyl halides is 3. The lowest BCUT2D eigenvalue weighted by Crippen LogP contribution is -2.52. The number of rotatable bonds is 6. The van der Waals surface area contributed by atoms with Crippen molar-refractivity contribution >= 4 is 29.2 Å². The van der Waals surface area contributed by atoms with Crippen LogP contribution in [0.15, 0.2) is 42.6 Å². The highest BCUT2D eigenvalue weighted by Gasteiger charge is 2.51. The van der Waals surface area contributed by atoms with Crippen molar-refractivity contribution in [1.29, 1.82) is 0 Å². The fraction of sp³-hybridized carbons (Fsp3) is 0.333. The number of pyridine rings is 1. The Labute approximate surface area is 181 Å². The average molecular weight is 450 g/mol. The molecule has 0 spiro atoms. The Morgan fingerprint density at radius 2 is 1.94 bits per heavy atom. The second kappa shape index (κ2) is 8.95. The van der Waals surface area contributed by atoms with Gasteiger partial charge >= 0.3 is 6.18 Å². The topological polar surface area (TPSA) is 112 Å².